The van der Waals surface area contributed by atoms with Crippen LogP contribution in [0.15, 0.2) is 60.9 Å². The van der Waals surface area contributed by atoms with Crippen molar-refractivity contribution in [1.82, 2.24) is 15.1 Å². The van der Waals surface area contributed by atoms with E-state index >= 15 is 0 Å². The van der Waals surface area contributed by atoms with Crippen molar-refractivity contribution in [3.05, 3.63) is 77.6 Å². The molecule has 0 atom stereocenters. The van der Waals surface area contributed by atoms with E-state index in [1.54, 1.807) is 41.2 Å². The van der Waals surface area contributed by atoms with Crippen LogP contribution in [0.5, 0.6) is 5.75 Å². The van der Waals surface area contributed by atoms with E-state index in [-0.39, 0.29) is 5.91 Å². The van der Waals surface area contributed by atoms with Crippen molar-refractivity contribution in [1.29, 1.82) is 10.5 Å². The molecule has 0 radical (unpaired) electrons. The Bertz CT molecular complexity index is 1060. The highest BCUT2D eigenvalue weighted by Crippen LogP contribution is 2.28. The van der Waals surface area contributed by atoms with Crippen molar-refractivity contribution in [2.24, 2.45) is 7.05 Å². The second kappa shape index (κ2) is 13.2. The minimum Gasteiger partial charge on any atom is -0.493 e. The average Bonchev–Trinajstić information content (AvgIpc) is 3.30. The van der Waals surface area contributed by atoms with E-state index in [9.17, 15) is 4.79 Å². The number of anilines is 1. The molecule has 8 heteroatoms. The predicted octanol–water partition coefficient (Wildman–Crippen LogP) is 3.02. The largest absolute Gasteiger partial charge is 0.493 e. The average molecular weight is 431 g/mol. The van der Waals surface area contributed by atoms with Crippen molar-refractivity contribution in [2.75, 3.05) is 25.5 Å². The number of nitrogens with one attached hydrogen (secondary N) is 2. The molecular formula is C24H26N6O2. The zero-order valence-corrected chi connectivity index (χ0v) is 18.2. The Kier molecular flexibility index (Phi) is 9.97. The lowest BCUT2D eigenvalue weighted by atomic mass is 10.1. The van der Waals surface area contributed by atoms with Crippen LogP contribution in [-0.2, 0) is 18.3 Å². The fourth-order valence-corrected chi connectivity index (χ4v) is 2.81. The normalized spacial score (nSPS) is 9.62. The molecule has 1 amide bonds. The molecule has 0 bridgehead atoms. The summed E-state index contributed by atoms with van der Waals surface area (Å²) in [7, 11) is 3.36. The van der Waals surface area contributed by atoms with Gasteiger partial charge in [0.1, 0.15) is 6.07 Å². The summed E-state index contributed by atoms with van der Waals surface area (Å²) >= 11 is 0. The van der Waals surface area contributed by atoms with Gasteiger partial charge < -0.3 is 15.4 Å². The summed E-state index contributed by atoms with van der Waals surface area (Å²) in [5, 5.41) is 27.7. The first-order valence-corrected chi connectivity index (χ1v) is 10.1. The van der Waals surface area contributed by atoms with Gasteiger partial charge in [-0.05, 0) is 48.9 Å². The van der Waals surface area contributed by atoms with Gasteiger partial charge >= 0.3 is 0 Å². The van der Waals surface area contributed by atoms with Crippen LogP contribution in [-0.4, -0.2) is 35.9 Å². The van der Waals surface area contributed by atoms with Crippen molar-refractivity contribution in [3.8, 4) is 17.9 Å². The first-order chi connectivity index (χ1) is 15.6. The van der Waals surface area contributed by atoms with Gasteiger partial charge in [-0.25, -0.2) is 0 Å². The third-order valence-corrected chi connectivity index (χ3v) is 4.45. The Morgan fingerprint density at radius 1 is 1.09 bits per heavy atom. The lowest BCUT2D eigenvalue weighted by Crippen LogP contribution is -2.23. The van der Waals surface area contributed by atoms with Gasteiger partial charge in [0, 0.05) is 32.4 Å². The lowest BCUT2D eigenvalue weighted by molar-refractivity contribution is -0.116. The minimum absolute atomic E-state index is 0.149. The summed E-state index contributed by atoms with van der Waals surface area (Å²) in [5.41, 5.74) is 2.66. The highest BCUT2D eigenvalue weighted by Gasteiger charge is 2.11. The van der Waals surface area contributed by atoms with Crippen LogP contribution in [0.1, 0.15) is 23.1 Å². The number of benzene rings is 2. The summed E-state index contributed by atoms with van der Waals surface area (Å²) in [6, 6.07) is 18.5. The number of nitriles is 2. The van der Waals surface area contributed by atoms with Crippen molar-refractivity contribution in [3.63, 3.8) is 0 Å². The van der Waals surface area contributed by atoms with Crippen LogP contribution < -0.4 is 15.4 Å². The van der Waals surface area contributed by atoms with Gasteiger partial charge in [0.05, 0.1) is 30.0 Å². The van der Waals surface area contributed by atoms with Gasteiger partial charge in [-0.1, -0.05) is 18.2 Å². The van der Waals surface area contributed by atoms with Gasteiger partial charge in [0.25, 0.3) is 0 Å². The zero-order chi connectivity index (χ0) is 23.2. The van der Waals surface area contributed by atoms with Crippen LogP contribution in [0.25, 0.3) is 0 Å². The van der Waals surface area contributed by atoms with Gasteiger partial charge in [0.15, 0.2) is 5.75 Å². The number of methoxy groups -OCH3 is 1. The molecule has 0 fully saturated rings. The van der Waals surface area contributed by atoms with E-state index in [1.807, 2.05) is 37.5 Å². The Morgan fingerprint density at radius 3 is 2.44 bits per heavy atom. The van der Waals surface area contributed by atoms with Gasteiger partial charge in [-0.3, -0.25) is 9.48 Å². The SMILES string of the molecule is COc1c(C#N)cccc1NC(=O)CCNCCc1ccc(C#N)cc1.Cn1cccn1. The summed E-state index contributed by atoms with van der Waals surface area (Å²) in [6.45, 7) is 1.29. The second-order valence-corrected chi connectivity index (χ2v) is 6.78. The van der Waals surface area contributed by atoms with Gasteiger partial charge in [0.2, 0.25) is 5.91 Å². The standard InChI is InChI=1S/C20H20N4O2.C4H6N2/c1-26-20-17(14-22)3-2-4-18(20)24-19(25)10-12-23-11-9-15-5-7-16(13-21)8-6-15;1-6-4-2-3-5-6/h2-8,23H,9-12H2,1H3,(H,24,25);2-4H,1H3. The number of aromatic nitrogens is 2. The van der Waals surface area contributed by atoms with E-state index in [0.717, 1.165) is 18.5 Å². The molecule has 0 saturated carbocycles. The van der Waals surface area contributed by atoms with Crippen molar-refractivity contribution >= 4 is 11.6 Å². The zero-order valence-electron chi connectivity index (χ0n) is 18.2. The first kappa shape index (κ1) is 24.1. The number of rotatable bonds is 8. The van der Waals surface area contributed by atoms with E-state index in [4.69, 9.17) is 15.3 Å². The van der Waals surface area contributed by atoms with E-state index in [2.05, 4.69) is 21.8 Å². The molecule has 3 aromatic rings. The Morgan fingerprint density at radius 2 is 1.88 bits per heavy atom. The molecule has 2 aromatic carbocycles. The molecule has 2 N–H and O–H groups in total. The summed E-state index contributed by atoms with van der Waals surface area (Å²) < 4.78 is 6.95. The van der Waals surface area contributed by atoms with Crippen LogP contribution in [0.2, 0.25) is 0 Å². The molecule has 32 heavy (non-hydrogen) atoms. The summed E-state index contributed by atoms with van der Waals surface area (Å²) in [6.07, 6.45) is 4.78. The van der Waals surface area contributed by atoms with Crippen LogP contribution in [0.3, 0.4) is 0 Å². The maximum atomic E-state index is 12.1. The van der Waals surface area contributed by atoms with E-state index in [1.165, 1.54) is 7.11 Å². The fraction of sp³-hybridized carbons (Fsp3) is 0.250. The number of hydrogen-bond donors (Lipinski definition) is 2. The van der Waals surface area contributed by atoms with Gasteiger partial charge in [-0.15, -0.1) is 0 Å². The molecule has 1 heterocycles. The molecule has 8 nitrogen and oxygen atoms in total. The first-order valence-electron chi connectivity index (χ1n) is 10.1. The Balaban J connectivity index is 0.000000520. The van der Waals surface area contributed by atoms with E-state index in [0.29, 0.717) is 35.5 Å². The third-order valence-electron chi connectivity index (χ3n) is 4.45. The highest BCUT2D eigenvalue weighted by atomic mass is 16.5. The molecule has 0 aliphatic carbocycles. The van der Waals surface area contributed by atoms with Crippen LogP contribution >= 0.6 is 0 Å². The highest BCUT2D eigenvalue weighted by molar-refractivity contribution is 5.92. The monoisotopic (exact) mass is 430 g/mol. The third kappa shape index (κ3) is 7.94. The quantitative estimate of drug-likeness (QED) is 0.531. The Hall–Kier alpha value is -4.14. The summed E-state index contributed by atoms with van der Waals surface area (Å²) in [5.74, 6) is 0.224. The minimum atomic E-state index is -0.149. The molecule has 1 aromatic heterocycles. The molecule has 164 valence electrons. The maximum Gasteiger partial charge on any atom is 0.225 e. The Labute approximate surface area is 188 Å². The lowest BCUT2D eigenvalue weighted by Gasteiger charge is -2.11. The number of carbonyl (C=O) groups is 1. The van der Waals surface area contributed by atoms with Crippen molar-refractivity contribution in [2.45, 2.75) is 12.8 Å². The topological polar surface area (TPSA) is 116 Å². The number of hydrogen-bond acceptors (Lipinski definition) is 6. The predicted molar refractivity (Wildman–Crippen MR) is 122 cm³/mol. The molecular weight excluding hydrogens is 404 g/mol. The number of ether oxygens (including phenoxy) is 1. The number of aryl methyl sites for hydroxylation is 1. The molecule has 0 aliphatic rings. The number of carbonyl (C=O) groups excluding carboxylic acids is 1. The molecule has 3 rings (SSSR count). The van der Waals surface area contributed by atoms with Crippen molar-refractivity contribution < 1.29 is 9.53 Å². The molecule has 0 spiro atoms. The molecule has 0 unspecified atom stereocenters. The maximum absolute atomic E-state index is 12.1. The van der Waals surface area contributed by atoms with Gasteiger partial charge in [-0.2, -0.15) is 15.6 Å². The number of amides is 1. The number of para-hydroxylation sites is 1. The number of nitrogens with zero attached hydrogens (tertiary/aromatic N) is 4. The fourth-order valence-electron chi connectivity index (χ4n) is 2.81. The van der Waals surface area contributed by atoms with E-state index < -0.39 is 0 Å². The van der Waals surface area contributed by atoms with Crippen LogP contribution in [0, 0.1) is 22.7 Å². The molecule has 0 aliphatic heterocycles. The second-order valence-electron chi connectivity index (χ2n) is 6.78. The van der Waals surface area contributed by atoms with Crippen LogP contribution in [0.4, 0.5) is 5.69 Å². The molecule has 0 saturated heterocycles. The smallest absolute Gasteiger partial charge is 0.225 e. The summed E-state index contributed by atoms with van der Waals surface area (Å²) in [4.78, 5) is 12.1.